The van der Waals surface area contributed by atoms with Gasteiger partial charge in [-0.25, -0.2) is 14.4 Å². The summed E-state index contributed by atoms with van der Waals surface area (Å²) in [5.74, 6) is -2.61. The van der Waals surface area contributed by atoms with Crippen molar-refractivity contribution in [2.45, 2.75) is 37.3 Å². The average molecular weight is 503 g/mol. The van der Waals surface area contributed by atoms with Gasteiger partial charge in [-0.1, -0.05) is 78.9 Å². The Morgan fingerprint density at radius 2 is 1.43 bits per heavy atom. The van der Waals surface area contributed by atoms with Gasteiger partial charge < -0.3 is 25.6 Å². The summed E-state index contributed by atoms with van der Waals surface area (Å²) in [6, 6.07) is 25.1. The van der Waals surface area contributed by atoms with Crippen molar-refractivity contribution in [3.05, 3.63) is 95.6 Å². The number of carbonyl (C=O) groups is 3. The van der Waals surface area contributed by atoms with E-state index >= 15 is 0 Å². The van der Waals surface area contributed by atoms with Gasteiger partial charge in [0.05, 0.1) is 0 Å². The molecule has 8 nitrogen and oxygen atoms in total. The number of carbonyl (C=O) groups excluding carboxylic acids is 2. The summed E-state index contributed by atoms with van der Waals surface area (Å²) in [5.41, 5.74) is 8.93. The quantitative estimate of drug-likeness (QED) is 0.203. The smallest absolute Gasteiger partial charge is 0.407 e. The van der Waals surface area contributed by atoms with Crippen molar-refractivity contribution in [3.63, 3.8) is 0 Å². The molecule has 4 rings (SSSR count). The third-order valence-electron chi connectivity index (χ3n) is 6.57. The third-order valence-corrected chi connectivity index (χ3v) is 6.57. The number of nitrogens with one attached hydrogen (secondary N) is 1. The maximum atomic E-state index is 12.9. The molecule has 0 spiro atoms. The fourth-order valence-electron chi connectivity index (χ4n) is 4.52. The minimum Gasteiger partial charge on any atom is -0.479 e. The zero-order chi connectivity index (χ0) is 26.3. The molecular weight excluding hydrogens is 472 g/mol. The minimum absolute atomic E-state index is 0.00605. The van der Waals surface area contributed by atoms with E-state index in [2.05, 4.69) is 5.32 Å². The highest BCUT2D eigenvalue weighted by Crippen LogP contribution is 2.44. The maximum absolute atomic E-state index is 12.9. The Balaban J connectivity index is 1.26. The first-order valence-electron chi connectivity index (χ1n) is 12.2. The third kappa shape index (κ3) is 5.98. The lowest BCUT2D eigenvalue weighted by atomic mass is 9.93. The van der Waals surface area contributed by atoms with Crippen LogP contribution in [0.5, 0.6) is 0 Å². The van der Waals surface area contributed by atoms with Crippen molar-refractivity contribution in [1.29, 1.82) is 0 Å². The predicted octanol–water partition coefficient (Wildman–Crippen LogP) is 4.22. The lowest BCUT2D eigenvalue weighted by Crippen LogP contribution is -2.56. The summed E-state index contributed by atoms with van der Waals surface area (Å²) in [4.78, 5) is 36.6. The molecule has 192 valence electrons. The molecule has 0 bridgehead atoms. The molecular formula is C29H30N2O6. The van der Waals surface area contributed by atoms with Crippen molar-refractivity contribution in [2.24, 2.45) is 5.73 Å². The molecule has 1 aliphatic carbocycles. The lowest BCUT2D eigenvalue weighted by Gasteiger charge is -2.24. The van der Waals surface area contributed by atoms with E-state index < -0.39 is 23.6 Å². The van der Waals surface area contributed by atoms with Crippen LogP contribution in [0.3, 0.4) is 0 Å². The first-order chi connectivity index (χ1) is 17.9. The molecule has 1 atom stereocenters. The molecule has 0 fully saturated rings. The van der Waals surface area contributed by atoms with Crippen LogP contribution >= 0.6 is 0 Å². The van der Waals surface area contributed by atoms with E-state index in [-0.39, 0.29) is 32.1 Å². The Morgan fingerprint density at radius 3 is 2.05 bits per heavy atom. The lowest BCUT2D eigenvalue weighted by molar-refractivity contribution is -0.161. The van der Waals surface area contributed by atoms with E-state index in [1.165, 1.54) is 0 Å². The predicted molar refractivity (Wildman–Crippen MR) is 138 cm³/mol. The van der Waals surface area contributed by atoms with Gasteiger partial charge in [-0.15, -0.1) is 0 Å². The molecule has 0 radical (unpaired) electrons. The van der Waals surface area contributed by atoms with Gasteiger partial charge in [0.2, 0.25) is 5.54 Å². The highest BCUT2D eigenvalue weighted by Gasteiger charge is 2.44. The van der Waals surface area contributed by atoms with Gasteiger partial charge in [0, 0.05) is 12.5 Å². The van der Waals surface area contributed by atoms with Gasteiger partial charge in [-0.3, -0.25) is 0 Å². The van der Waals surface area contributed by atoms with Gasteiger partial charge in [0.1, 0.15) is 13.2 Å². The van der Waals surface area contributed by atoms with Gasteiger partial charge in [0.15, 0.2) is 0 Å². The molecule has 0 aromatic heterocycles. The van der Waals surface area contributed by atoms with Crippen LogP contribution in [-0.2, 0) is 25.7 Å². The zero-order valence-corrected chi connectivity index (χ0v) is 20.4. The van der Waals surface area contributed by atoms with Crippen LogP contribution in [0.4, 0.5) is 4.79 Å². The molecule has 0 saturated carbocycles. The van der Waals surface area contributed by atoms with E-state index in [0.29, 0.717) is 12.8 Å². The SMILES string of the molecule is N[C@@](CCCCNC(=O)OCc1ccccc1)(C(=O)O)C(=O)OCC1c2ccccc2-c2ccccc21. The van der Waals surface area contributed by atoms with Crippen molar-refractivity contribution in [2.75, 3.05) is 13.2 Å². The molecule has 0 aliphatic heterocycles. The monoisotopic (exact) mass is 502 g/mol. The van der Waals surface area contributed by atoms with Crippen LogP contribution in [0.25, 0.3) is 11.1 Å². The average Bonchev–Trinajstić information content (AvgIpc) is 3.24. The van der Waals surface area contributed by atoms with E-state index in [9.17, 15) is 19.5 Å². The van der Waals surface area contributed by atoms with Crippen molar-refractivity contribution in [3.8, 4) is 11.1 Å². The number of amides is 1. The summed E-state index contributed by atoms with van der Waals surface area (Å²) in [5, 5.41) is 12.3. The molecule has 37 heavy (non-hydrogen) atoms. The molecule has 0 saturated heterocycles. The van der Waals surface area contributed by atoms with Crippen molar-refractivity contribution in [1.82, 2.24) is 5.32 Å². The highest BCUT2D eigenvalue weighted by molar-refractivity contribution is 6.03. The van der Waals surface area contributed by atoms with Crippen LogP contribution in [0.2, 0.25) is 0 Å². The number of carboxylic acid groups (broad SMARTS) is 1. The number of alkyl carbamates (subject to hydrolysis) is 1. The Kier molecular flexibility index (Phi) is 8.20. The van der Waals surface area contributed by atoms with Gasteiger partial charge in [-0.05, 0) is 47.1 Å². The van der Waals surface area contributed by atoms with Gasteiger partial charge in [0.25, 0.3) is 0 Å². The topological polar surface area (TPSA) is 128 Å². The Hall–Kier alpha value is -4.17. The van der Waals surface area contributed by atoms with Gasteiger partial charge >= 0.3 is 18.0 Å². The summed E-state index contributed by atoms with van der Waals surface area (Å²) in [7, 11) is 0. The number of benzene rings is 3. The normalized spacial score (nSPS) is 13.6. The molecule has 1 amide bonds. The van der Waals surface area contributed by atoms with E-state index in [4.69, 9.17) is 15.2 Å². The standard InChI is InChI=1S/C29H30N2O6/c30-29(26(32)33,16-8-9-17-31-28(35)37-18-20-10-2-1-3-11-20)27(34)36-19-25-23-14-6-4-12-21(23)22-13-5-7-15-24(22)25/h1-7,10-15,25H,8-9,16-19,30H2,(H,31,35)(H,32,33)/t29-/m0/s1. The van der Waals surface area contributed by atoms with Crippen LogP contribution in [-0.4, -0.2) is 41.8 Å². The van der Waals surface area contributed by atoms with Crippen LogP contribution in [0.1, 0.15) is 41.9 Å². The minimum atomic E-state index is -2.18. The van der Waals surface area contributed by atoms with Crippen molar-refractivity contribution >= 4 is 18.0 Å². The largest absolute Gasteiger partial charge is 0.479 e. The number of carboxylic acids is 1. The number of hydrogen-bond donors (Lipinski definition) is 3. The molecule has 3 aromatic rings. The van der Waals surface area contributed by atoms with E-state index in [1.54, 1.807) is 0 Å². The molecule has 3 aromatic carbocycles. The Bertz CT molecular complexity index is 1220. The van der Waals surface area contributed by atoms with Gasteiger partial charge in [-0.2, -0.15) is 0 Å². The van der Waals surface area contributed by atoms with E-state index in [1.807, 2.05) is 78.9 Å². The number of ether oxygens (including phenoxy) is 2. The second-order valence-corrected chi connectivity index (χ2v) is 9.05. The molecule has 0 unspecified atom stereocenters. The highest BCUT2D eigenvalue weighted by atomic mass is 16.5. The van der Waals surface area contributed by atoms with Crippen molar-refractivity contribution < 1.29 is 29.0 Å². The molecule has 4 N–H and O–H groups in total. The number of rotatable bonds is 11. The molecule has 8 heteroatoms. The second-order valence-electron chi connectivity index (χ2n) is 9.05. The number of aliphatic carboxylic acids is 1. The van der Waals surface area contributed by atoms with Crippen LogP contribution in [0.15, 0.2) is 78.9 Å². The van der Waals surface area contributed by atoms with E-state index in [0.717, 1.165) is 27.8 Å². The number of fused-ring (bicyclic) bond motifs is 3. The summed E-state index contributed by atoms with van der Waals surface area (Å²) in [6.45, 7) is 0.404. The molecule has 1 aliphatic rings. The first-order valence-corrected chi connectivity index (χ1v) is 12.2. The summed E-state index contributed by atoms with van der Waals surface area (Å²) >= 11 is 0. The first kappa shape index (κ1) is 25.9. The Morgan fingerprint density at radius 1 is 0.838 bits per heavy atom. The number of unbranched alkanes of at least 4 members (excludes halogenated alkanes) is 1. The number of nitrogens with two attached hydrogens (primary N) is 1. The fraction of sp³-hybridized carbons (Fsp3) is 0.276. The summed E-state index contributed by atoms with van der Waals surface area (Å²) in [6.07, 6.45) is 0.0207. The maximum Gasteiger partial charge on any atom is 0.407 e. The second kappa shape index (κ2) is 11.7. The summed E-state index contributed by atoms with van der Waals surface area (Å²) < 4.78 is 10.6. The number of esters is 1. The fourth-order valence-corrected chi connectivity index (χ4v) is 4.52. The zero-order valence-electron chi connectivity index (χ0n) is 20.4. The van der Waals surface area contributed by atoms with Crippen LogP contribution in [0, 0.1) is 0 Å². The Labute approximate surface area is 215 Å². The number of hydrogen-bond acceptors (Lipinski definition) is 6. The molecule has 0 heterocycles. The van der Waals surface area contributed by atoms with Crippen LogP contribution < -0.4 is 11.1 Å².